The van der Waals surface area contributed by atoms with Gasteiger partial charge in [0.2, 0.25) is 0 Å². The molecule has 3 nitrogen and oxygen atoms in total. The van der Waals surface area contributed by atoms with Gasteiger partial charge in [0.25, 0.3) is 0 Å². The molecule has 0 aliphatic heterocycles. The molecule has 0 atom stereocenters. The first-order valence-corrected chi connectivity index (χ1v) is 6.32. The molecule has 0 aliphatic rings. The molecule has 0 bridgehead atoms. The van der Waals surface area contributed by atoms with Gasteiger partial charge in [0, 0.05) is 22.7 Å². The highest BCUT2D eigenvalue weighted by Crippen LogP contribution is 2.35. The maximum absolute atomic E-state index is 9.82. The van der Waals surface area contributed by atoms with Crippen LogP contribution in [0.1, 0.15) is 0 Å². The van der Waals surface area contributed by atoms with Crippen LogP contribution >= 0.6 is 11.8 Å². The van der Waals surface area contributed by atoms with Crippen molar-refractivity contribution in [2.24, 2.45) is 0 Å². The lowest BCUT2D eigenvalue weighted by Crippen LogP contribution is -1.84. The van der Waals surface area contributed by atoms with Crippen molar-refractivity contribution in [3.8, 4) is 5.75 Å². The van der Waals surface area contributed by atoms with Crippen LogP contribution < -0.4 is 0 Å². The van der Waals surface area contributed by atoms with E-state index in [1.165, 1.54) is 11.8 Å². The van der Waals surface area contributed by atoms with Crippen LogP contribution in [0.15, 0.2) is 64.9 Å². The van der Waals surface area contributed by atoms with Gasteiger partial charge in [0.05, 0.1) is 0 Å². The van der Waals surface area contributed by atoms with Crippen LogP contribution in [-0.2, 0) is 0 Å². The first-order chi connectivity index (χ1) is 8.84. The van der Waals surface area contributed by atoms with E-state index in [-0.39, 0.29) is 0 Å². The molecule has 3 aromatic rings. The zero-order chi connectivity index (χ0) is 12.4. The van der Waals surface area contributed by atoms with E-state index in [0.717, 1.165) is 15.7 Å². The third-order valence-electron chi connectivity index (χ3n) is 2.60. The second-order valence-corrected chi connectivity index (χ2v) is 4.77. The van der Waals surface area contributed by atoms with Crippen molar-refractivity contribution in [2.75, 3.05) is 0 Å². The molecule has 2 aromatic carbocycles. The summed E-state index contributed by atoms with van der Waals surface area (Å²) in [6, 6.07) is 13.1. The maximum atomic E-state index is 9.82. The van der Waals surface area contributed by atoms with Crippen molar-refractivity contribution in [3.05, 3.63) is 54.9 Å². The lowest BCUT2D eigenvalue weighted by Gasteiger charge is -2.06. The molecule has 0 saturated carbocycles. The fraction of sp³-hybridized carbons (Fsp3) is 0. The number of phenolic OH excluding ortho intramolecular Hbond substituents is 1. The molecule has 0 saturated heterocycles. The molecule has 3 rings (SSSR count). The summed E-state index contributed by atoms with van der Waals surface area (Å²) in [6.45, 7) is 0. The van der Waals surface area contributed by atoms with Crippen molar-refractivity contribution in [3.63, 3.8) is 0 Å². The Bertz CT molecular complexity index is 686. The number of aromatic hydroxyl groups is 1. The van der Waals surface area contributed by atoms with E-state index < -0.39 is 0 Å². The second kappa shape index (κ2) is 4.66. The highest BCUT2D eigenvalue weighted by Gasteiger charge is 2.07. The van der Waals surface area contributed by atoms with E-state index in [1.807, 2.05) is 30.3 Å². The Hall–Kier alpha value is -2.07. The van der Waals surface area contributed by atoms with Gasteiger partial charge in [-0.25, -0.2) is 9.97 Å². The van der Waals surface area contributed by atoms with Crippen LogP contribution in [0, 0.1) is 0 Å². The molecular formula is C14H10N2OS. The minimum absolute atomic E-state index is 0.295. The van der Waals surface area contributed by atoms with E-state index >= 15 is 0 Å². The van der Waals surface area contributed by atoms with Gasteiger partial charge < -0.3 is 5.11 Å². The van der Waals surface area contributed by atoms with E-state index in [2.05, 4.69) is 9.97 Å². The highest BCUT2D eigenvalue weighted by atomic mass is 32.2. The van der Waals surface area contributed by atoms with E-state index in [9.17, 15) is 5.11 Å². The molecule has 18 heavy (non-hydrogen) atoms. The zero-order valence-electron chi connectivity index (χ0n) is 9.45. The van der Waals surface area contributed by atoms with Crippen LogP contribution in [0.2, 0.25) is 0 Å². The number of fused-ring (bicyclic) bond motifs is 1. The average Bonchev–Trinajstić information content (AvgIpc) is 2.44. The number of rotatable bonds is 2. The summed E-state index contributed by atoms with van der Waals surface area (Å²) in [5, 5.41) is 12.4. The number of phenols is 1. The van der Waals surface area contributed by atoms with E-state index in [1.54, 1.807) is 24.5 Å². The summed E-state index contributed by atoms with van der Waals surface area (Å²) in [5.74, 6) is 0.295. The molecule has 0 aliphatic carbocycles. The third-order valence-corrected chi connectivity index (χ3v) is 3.57. The SMILES string of the molecule is Oc1ccc(Sc2ncccn2)c2ccccc12. The molecule has 1 aromatic heterocycles. The van der Waals surface area contributed by atoms with Crippen molar-refractivity contribution in [2.45, 2.75) is 10.1 Å². The minimum Gasteiger partial charge on any atom is -0.507 e. The molecule has 4 heteroatoms. The third kappa shape index (κ3) is 2.02. The van der Waals surface area contributed by atoms with Gasteiger partial charge in [-0.1, -0.05) is 24.3 Å². The molecule has 1 heterocycles. The van der Waals surface area contributed by atoms with E-state index in [0.29, 0.717) is 10.9 Å². The number of aromatic nitrogens is 2. The molecule has 0 unspecified atom stereocenters. The van der Waals surface area contributed by atoms with Gasteiger partial charge in [0.1, 0.15) is 5.75 Å². The summed E-state index contributed by atoms with van der Waals surface area (Å²) in [5.41, 5.74) is 0. The normalized spacial score (nSPS) is 10.7. The zero-order valence-corrected chi connectivity index (χ0v) is 10.3. The first kappa shape index (κ1) is 11.0. The van der Waals surface area contributed by atoms with Gasteiger partial charge in [-0.05, 0) is 35.3 Å². The fourth-order valence-electron chi connectivity index (χ4n) is 1.78. The van der Waals surface area contributed by atoms with Crippen molar-refractivity contribution >= 4 is 22.5 Å². The summed E-state index contributed by atoms with van der Waals surface area (Å²) >= 11 is 1.49. The molecule has 0 spiro atoms. The predicted molar refractivity (Wildman–Crippen MR) is 71.8 cm³/mol. The quantitative estimate of drug-likeness (QED) is 0.711. The Morgan fingerprint density at radius 2 is 1.56 bits per heavy atom. The second-order valence-electron chi connectivity index (χ2n) is 3.76. The summed E-state index contributed by atoms with van der Waals surface area (Å²) in [4.78, 5) is 9.42. The standard InChI is InChI=1S/C14H10N2OS/c17-12-6-7-13(11-5-2-1-4-10(11)12)18-14-15-8-3-9-16-14/h1-9,17H. The topological polar surface area (TPSA) is 46.0 Å². The van der Waals surface area contributed by atoms with E-state index in [4.69, 9.17) is 0 Å². The fourth-order valence-corrected chi connectivity index (χ4v) is 2.63. The average molecular weight is 254 g/mol. The van der Waals surface area contributed by atoms with Gasteiger partial charge in [-0.2, -0.15) is 0 Å². The molecular weight excluding hydrogens is 244 g/mol. The van der Waals surface area contributed by atoms with Crippen LogP contribution in [0.4, 0.5) is 0 Å². The Morgan fingerprint density at radius 1 is 0.833 bits per heavy atom. The predicted octanol–water partition coefficient (Wildman–Crippen LogP) is 3.49. The number of hydrogen-bond donors (Lipinski definition) is 1. The van der Waals surface area contributed by atoms with Crippen molar-refractivity contribution in [1.82, 2.24) is 9.97 Å². The maximum Gasteiger partial charge on any atom is 0.192 e. The summed E-state index contributed by atoms with van der Waals surface area (Å²) in [7, 11) is 0. The minimum atomic E-state index is 0.295. The van der Waals surface area contributed by atoms with Crippen LogP contribution in [0.3, 0.4) is 0 Å². The lowest BCUT2D eigenvalue weighted by atomic mass is 10.1. The molecule has 0 fully saturated rings. The summed E-state index contributed by atoms with van der Waals surface area (Å²) in [6.07, 6.45) is 3.44. The van der Waals surface area contributed by atoms with Crippen LogP contribution in [0.25, 0.3) is 10.8 Å². The Labute approximate surface area is 109 Å². The van der Waals surface area contributed by atoms with Crippen molar-refractivity contribution in [1.29, 1.82) is 0 Å². The lowest BCUT2D eigenvalue weighted by molar-refractivity contribution is 0.481. The largest absolute Gasteiger partial charge is 0.507 e. The van der Waals surface area contributed by atoms with Gasteiger partial charge in [-0.3, -0.25) is 0 Å². The highest BCUT2D eigenvalue weighted by molar-refractivity contribution is 7.99. The number of nitrogens with zero attached hydrogens (tertiary/aromatic N) is 2. The Morgan fingerprint density at radius 3 is 2.33 bits per heavy atom. The Kier molecular flexibility index (Phi) is 2.86. The van der Waals surface area contributed by atoms with Gasteiger partial charge in [-0.15, -0.1) is 0 Å². The van der Waals surface area contributed by atoms with Crippen LogP contribution in [-0.4, -0.2) is 15.1 Å². The molecule has 1 N–H and O–H groups in total. The van der Waals surface area contributed by atoms with Gasteiger partial charge >= 0.3 is 0 Å². The monoisotopic (exact) mass is 254 g/mol. The summed E-state index contributed by atoms with van der Waals surface area (Å²) < 4.78 is 0. The van der Waals surface area contributed by atoms with Crippen LogP contribution in [0.5, 0.6) is 5.75 Å². The molecule has 0 amide bonds. The van der Waals surface area contributed by atoms with Crippen molar-refractivity contribution < 1.29 is 5.11 Å². The number of benzene rings is 2. The smallest absolute Gasteiger partial charge is 0.192 e. The van der Waals surface area contributed by atoms with Gasteiger partial charge in [0.15, 0.2) is 5.16 Å². The number of hydrogen-bond acceptors (Lipinski definition) is 4. The Balaban J connectivity index is 2.10. The molecule has 88 valence electrons. The first-order valence-electron chi connectivity index (χ1n) is 5.50. The molecule has 0 radical (unpaired) electrons.